The molecule has 2 aliphatic rings. The number of rotatable bonds is 5. The van der Waals surface area contributed by atoms with Crippen LogP contribution in [0.25, 0.3) is 0 Å². The number of carbonyl (C=O) groups excluding carboxylic acids is 2. The summed E-state index contributed by atoms with van der Waals surface area (Å²) in [6.07, 6.45) is 2.08. The molecule has 1 amide bonds. The van der Waals surface area contributed by atoms with Crippen molar-refractivity contribution in [1.82, 2.24) is 5.32 Å². The second-order valence-electron chi connectivity index (χ2n) is 7.29. The van der Waals surface area contributed by atoms with Crippen LogP contribution in [0, 0.1) is 11.8 Å². The first-order valence-corrected chi connectivity index (χ1v) is 7.81. The van der Waals surface area contributed by atoms with Crippen LogP contribution in [-0.4, -0.2) is 45.3 Å². The number of hydrogen-bond acceptors (Lipinski definition) is 5. The predicted octanol–water partition coefficient (Wildman–Crippen LogP) is 0.781. The number of hydrogen-bond donors (Lipinski definition) is 3. The number of carboxylic acids is 1. The molecule has 0 aliphatic heterocycles. The fraction of sp³-hybridized carbons (Fsp3) is 0.588. The highest BCUT2D eigenvalue weighted by Crippen LogP contribution is 2.46. The quantitative estimate of drug-likeness (QED) is 0.505. The Bertz CT molecular complexity index is 617. The van der Waals surface area contributed by atoms with Gasteiger partial charge in [-0.1, -0.05) is 6.08 Å². The summed E-state index contributed by atoms with van der Waals surface area (Å²) in [7, 11) is 0. The summed E-state index contributed by atoms with van der Waals surface area (Å²) in [4.78, 5) is 36.2. The van der Waals surface area contributed by atoms with Crippen LogP contribution in [0.3, 0.4) is 0 Å². The SMILES string of the molecule is C=CC1CC1(NC(=O)C1CC(O)C=C1C(=O)O)C(=O)OC(C)(C)C. The normalized spacial score (nSPS) is 31.8. The van der Waals surface area contributed by atoms with Crippen molar-refractivity contribution in [1.29, 1.82) is 0 Å². The molecule has 132 valence electrons. The van der Waals surface area contributed by atoms with Crippen LogP contribution in [0.4, 0.5) is 0 Å². The van der Waals surface area contributed by atoms with Crippen molar-refractivity contribution in [3.8, 4) is 0 Å². The van der Waals surface area contributed by atoms with Gasteiger partial charge in [-0.3, -0.25) is 4.79 Å². The van der Waals surface area contributed by atoms with Gasteiger partial charge in [-0.25, -0.2) is 9.59 Å². The summed E-state index contributed by atoms with van der Waals surface area (Å²) >= 11 is 0. The minimum atomic E-state index is -1.26. The van der Waals surface area contributed by atoms with Crippen LogP contribution in [0.15, 0.2) is 24.3 Å². The maximum absolute atomic E-state index is 12.5. The number of aliphatic hydroxyl groups is 1. The highest BCUT2D eigenvalue weighted by atomic mass is 16.6. The summed E-state index contributed by atoms with van der Waals surface area (Å²) < 4.78 is 5.37. The molecule has 0 saturated heterocycles. The van der Waals surface area contributed by atoms with Crippen molar-refractivity contribution < 1.29 is 29.3 Å². The molecule has 0 heterocycles. The van der Waals surface area contributed by atoms with Gasteiger partial charge in [0.2, 0.25) is 5.91 Å². The van der Waals surface area contributed by atoms with E-state index in [1.165, 1.54) is 0 Å². The van der Waals surface area contributed by atoms with Crippen LogP contribution in [0.1, 0.15) is 33.6 Å². The van der Waals surface area contributed by atoms with Gasteiger partial charge < -0.3 is 20.3 Å². The van der Waals surface area contributed by atoms with Crippen molar-refractivity contribution in [2.24, 2.45) is 11.8 Å². The van der Waals surface area contributed by atoms with E-state index >= 15 is 0 Å². The molecule has 3 N–H and O–H groups in total. The molecule has 0 aromatic rings. The molecule has 4 atom stereocenters. The minimum absolute atomic E-state index is 0.0172. The molecule has 0 radical (unpaired) electrons. The molecule has 1 saturated carbocycles. The molecular formula is C17H23NO6. The van der Waals surface area contributed by atoms with Crippen molar-refractivity contribution in [2.75, 3.05) is 0 Å². The lowest BCUT2D eigenvalue weighted by atomic mass is 9.99. The summed E-state index contributed by atoms with van der Waals surface area (Å²) in [5, 5.41) is 21.4. The Morgan fingerprint density at radius 2 is 2.04 bits per heavy atom. The summed E-state index contributed by atoms with van der Waals surface area (Å²) in [6.45, 7) is 8.83. The number of nitrogens with one attached hydrogen (secondary N) is 1. The van der Waals surface area contributed by atoms with Gasteiger partial charge in [0, 0.05) is 11.5 Å². The topological polar surface area (TPSA) is 113 Å². The van der Waals surface area contributed by atoms with Gasteiger partial charge >= 0.3 is 11.9 Å². The van der Waals surface area contributed by atoms with E-state index in [1.54, 1.807) is 26.8 Å². The first-order chi connectivity index (χ1) is 11.0. The van der Waals surface area contributed by atoms with E-state index in [4.69, 9.17) is 9.84 Å². The second-order valence-corrected chi connectivity index (χ2v) is 7.29. The van der Waals surface area contributed by atoms with Gasteiger partial charge in [-0.2, -0.15) is 0 Å². The lowest BCUT2D eigenvalue weighted by Crippen LogP contribution is -2.50. The largest absolute Gasteiger partial charge is 0.478 e. The van der Waals surface area contributed by atoms with Crippen molar-refractivity contribution in [3.05, 3.63) is 24.3 Å². The third-order valence-electron chi connectivity index (χ3n) is 4.20. The Hall–Kier alpha value is -2.15. The smallest absolute Gasteiger partial charge is 0.333 e. The molecule has 4 unspecified atom stereocenters. The molecule has 24 heavy (non-hydrogen) atoms. The number of aliphatic hydroxyl groups excluding tert-OH is 1. The number of ether oxygens (including phenoxy) is 1. The number of amides is 1. The Balaban J connectivity index is 2.16. The van der Waals surface area contributed by atoms with E-state index in [9.17, 15) is 19.5 Å². The van der Waals surface area contributed by atoms with Crippen molar-refractivity contribution in [2.45, 2.75) is 50.9 Å². The highest BCUT2D eigenvalue weighted by Gasteiger charge is 2.62. The lowest BCUT2D eigenvalue weighted by molar-refractivity contribution is -0.160. The Morgan fingerprint density at radius 1 is 1.42 bits per heavy atom. The van der Waals surface area contributed by atoms with E-state index in [0.29, 0.717) is 6.42 Å². The molecule has 2 aliphatic carbocycles. The third-order valence-corrected chi connectivity index (χ3v) is 4.20. The zero-order chi connectivity index (χ0) is 18.3. The number of aliphatic carboxylic acids is 1. The van der Waals surface area contributed by atoms with Gasteiger partial charge in [0.05, 0.1) is 12.0 Å². The van der Waals surface area contributed by atoms with Gasteiger partial charge in [-0.05, 0) is 39.7 Å². The van der Waals surface area contributed by atoms with E-state index in [-0.39, 0.29) is 17.9 Å². The van der Waals surface area contributed by atoms with Crippen LogP contribution < -0.4 is 5.32 Å². The molecule has 7 heteroatoms. The first-order valence-electron chi connectivity index (χ1n) is 7.81. The lowest BCUT2D eigenvalue weighted by Gasteiger charge is -2.26. The van der Waals surface area contributed by atoms with Gasteiger partial charge in [0.1, 0.15) is 11.1 Å². The predicted molar refractivity (Wildman–Crippen MR) is 84.9 cm³/mol. The van der Waals surface area contributed by atoms with E-state index in [1.807, 2.05) is 0 Å². The van der Waals surface area contributed by atoms with Gasteiger partial charge in [0.25, 0.3) is 0 Å². The van der Waals surface area contributed by atoms with Crippen LogP contribution in [-0.2, 0) is 19.1 Å². The summed E-state index contributed by atoms with van der Waals surface area (Å²) in [5.41, 5.74) is -2.07. The number of carboxylic acid groups (broad SMARTS) is 1. The fourth-order valence-electron chi connectivity index (χ4n) is 2.91. The molecule has 0 spiro atoms. The Morgan fingerprint density at radius 3 is 2.50 bits per heavy atom. The van der Waals surface area contributed by atoms with Gasteiger partial charge in [-0.15, -0.1) is 6.58 Å². The van der Waals surface area contributed by atoms with E-state index < -0.39 is 41.0 Å². The number of carbonyl (C=O) groups is 3. The fourth-order valence-corrected chi connectivity index (χ4v) is 2.91. The van der Waals surface area contributed by atoms with Crippen LogP contribution >= 0.6 is 0 Å². The van der Waals surface area contributed by atoms with Crippen LogP contribution in [0.2, 0.25) is 0 Å². The highest BCUT2D eigenvalue weighted by molar-refractivity contribution is 5.99. The zero-order valence-corrected chi connectivity index (χ0v) is 14.0. The van der Waals surface area contributed by atoms with Crippen molar-refractivity contribution in [3.63, 3.8) is 0 Å². The second kappa shape index (κ2) is 6.05. The van der Waals surface area contributed by atoms with Crippen LogP contribution in [0.5, 0.6) is 0 Å². The standard InChI is InChI=1S/C17H23NO6/c1-5-9-8-17(9,15(23)24-16(2,3)4)18-13(20)11-6-10(19)7-12(11)14(21)22/h5,7,9-11,19H,1,6,8H2,2-4H3,(H,18,20)(H,21,22). The maximum Gasteiger partial charge on any atom is 0.333 e. The third kappa shape index (κ3) is 3.51. The Labute approximate surface area is 140 Å². The van der Waals surface area contributed by atoms with E-state index in [0.717, 1.165) is 6.08 Å². The average Bonchev–Trinajstić information content (AvgIpc) is 3.01. The van der Waals surface area contributed by atoms with E-state index in [2.05, 4.69) is 11.9 Å². The molecule has 7 nitrogen and oxygen atoms in total. The average molecular weight is 337 g/mol. The molecular weight excluding hydrogens is 314 g/mol. The first kappa shape index (κ1) is 18.2. The summed E-state index contributed by atoms with van der Waals surface area (Å²) in [5.74, 6) is -3.68. The molecule has 0 aromatic carbocycles. The van der Waals surface area contributed by atoms with Gasteiger partial charge in [0.15, 0.2) is 0 Å². The summed E-state index contributed by atoms with van der Waals surface area (Å²) in [6, 6.07) is 0. The monoisotopic (exact) mass is 337 g/mol. The number of esters is 1. The molecule has 0 bridgehead atoms. The van der Waals surface area contributed by atoms with Crippen molar-refractivity contribution >= 4 is 17.8 Å². The zero-order valence-electron chi connectivity index (χ0n) is 14.0. The molecule has 1 fully saturated rings. The Kier molecular flexibility index (Phi) is 4.59. The molecule has 2 rings (SSSR count). The molecule has 0 aromatic heterocycles. The minimum Gasteiger partial charge on any atom is -0.478 e. The maximum atomic E-state index is 12.5.